The first-order chi connectivity index (χ1) is 12.1. The van der Waals surface area contributed by atoms with Crippen LogP contribution in [0.3, 0.4) is 0 Å². The van der Waals surface area contributed by atoms with E-state index >= 15 is 0 Å². The average molecular weight is 363 g/mol. The van der Waals surface area contributed by atoms with Gasteiger partial charge < -0.3 is 15.5 Å². The molecule has 1 aromatic rings. The van der Waals surface area contributed by atoms with Crippen LogP contribution in [0.25, 0.3) is 0 Å². The molecular weight excluding hydrogens is 338 g/mol. The predicted molar refractivity (Wildman–Crippen MR) is 96.4 cm³/mol. The van der Waals surface area contributed by atoms with Crippen molar-refractivity contribution in [1.82, 2.24) is 15.5 Å². The Hall–Kier alpha value is -1.89. The lowest BCUT2D eigenvalue weighted by atomic mass is 9.85. The number of nitrogens with one attached hydrogen (secondary N) is 2. The quantitative estimate of drug-likeness (QED) is 0.856. The van der Waals surface area contributed by atoms with Gasteiger partial charge in [0.1, 0.15) is 5.54 Å². The minimum absolute atomic E-state index is 0.00243. The molecule has 0 radical (unpaired) electrons. The number of hydrogen-bond donors (Lipinski definition) is 2. The first kappa shape index (κ1) is 17.9. The van der Waals surface area contributed by atoms with Crippen molar-refractivity contribution in [1.29, 1.82) is 0 Å². The Morgan fingerprint density at radius 1 is 1.20 bits per heavy atom. The molecule has 0 unspecified atom stereocenters. The van der Waals surface area contributed by atoms with Crippen LogP contribution >= 0.6 is 11.3 Å². The van der Waals surface area contributed by atoms with Crippen molar-refractivity contribution in [3.05, 3.63) is 22.4 Å². The van der Waals surface area contributed by atoms with Crippen LogP contribution in [0.1, 0.15) is 48.2 Å². The second-order valence-electron chi connectivity index (χ2n) is 6.90. The van der Waals surface area contributed by atoms with E-state index in [1.165, 1.54) is 11.3 Å². The third kappa shape index (κ3) is 3.71. The van der Waals surface area contributed by atoms with Gasteiger partial charge in [0.05, 0.1) is 4.88 Å². The summed E-state index contributed by atoms with van der Waals surface area (Å²) in [6.45, 7) is 0.935. The van der Waals surface area contributed by atoms with Crippen molar-refractivity contribution < 1.29 is 14.4 Å². The fourth-order valence-corrected chi connectivity index (χ4v) is 4.51. The molecule has 0 bridgehead atoms. The van der Waals surface area contributed by atoms with E-state index in [0.717, 1.165) is 25.7 Å². The van der Waals surface area contributed by atoms with Crippen LogP contribution in [0.15, 0.2) is 17.5 Å². The average Bonchev–Trinajstić information content (AvgIpc) is 3.34. The van der Waals surface area contributed by atoms with Crippen molar-refractivity contribution in [3.8, 4) is 0 Å². The second-order valence-corrected chi connectivity index (χ2v) is 7.85. The first-order valence-corrected chi connectivity index (χ1v) is 9.81. The molecule has 2 aliphatic rings. The van der Waals surface area contributed by atoms with Gasteiger partial charge in [0, 0.05) is 26.1 Å². The molecule has 25 heavy (non-hydrogen) atoms. The largest absolute Gasteiger partial charge is 0.357 e. The van der Waals surface area contributed by atoms with Gasteiger partial charge >= 0.3 is 0 Å². The van der Waals surface area contributed by atoms with Gasteiger partial charge in [-0.3, -0.25) is 14.4 Å². The molecule has 2 N–H and O–H groups in total. The topological polar surface area (TPSA) is 78.5 Å². The molecule has 1 aliphatic carbocycles. The smallest absolute Gasteiger partial charge is 0.263 e. The summed E-state index contributed by atoms with van der Waals surface area (Å²) in [5.41, 5.74) is -0.902. The number of hydrogen-bond acceptors (Lipinski definition) is 4. The highest BCUT2D eigenvalue weighted by Crippen LogP contribution is 2.29. The van der Waals surface area contributed by atoms with Crippen molar-refractivity contribution >= 4 is 29.1 Å². The summed E-state index contributed by atoms with van der Waals surface area (Å²) in [6, 6.07) is 3.67. The van der Waals surface area contributed by atoms with E-state index in [1.807, 2.05) is 17.5 Å². The van der Waals surface area contributed by atoms with Gasteiger partial charge in [0.15, 0.2) is 0 Å². The van der Waals surface area contributed by atoms with Crippen LogP contribution in [0.5, 0.6) is 0 Å². The molecule has 0 atom stereocenters. The Morgan fingerprint density at radius 2 is 1.88 bits per heavy atom. The minimum Gasteiger partial charge on any atom is -0.357 e. The SMILES string of the molecule is CNC(=O)C1(NC(=O)C2CCCC2)CCN(C(=O)c2cccs2)CC1. The van der Waals surface area contributed by atoms with Crippen LogP contribution in [0.2, 0.25) is 0 Å². The number of nitrogens with zero attached hydrogens (tertiary/aromatic N) is 1. The van der Waals surface area contributed by atoms with Crippen molar-refractivity contribution in [2.75, 3.05) is 20.1 Å². The fraction of sp³-hybridized carbons (Fsp3) is 0.611. The maximum Gasteiger partial charge on any atom is 0.263 e. The summed E-state index contributed by atoms with van der Waals surface area (Å²) < 4.78 is 0. The van der Waals surface area contributed by atoms with Gasteiger partial charge in [-0.2, -0.15) is 0 Å². The minimum atomic E-state index is -0.902. The Balaban J connectivity index is 1.67. The lowest BCUT2D eigenvalue weighted by Gasteiger charge is -2.41. The number of carbonyl (C=O) groups is 3. The molecule has 1 aliphatic heterocycles. The van der Waals surface area contributed by atoms with Gasteiger partial charge in [0.25, 0.3) is 5.91 Å². The molecule has 6 nitrogen and oxygen atoms in total. The van der Waals surface area contributed by atoms with E-state index in [0.29, 0.717) is 30.8 Å². The molecule has 3 rings (SSSR count). The molecule has 3 amide bonds. The normalized spacial score (nSPS) is 20.3. The highest BCUT2D eigenvalue weighted by Gasteiger charge is 2.44. The Bertz CT molecular complexity index is 630. The Morgan fingerprint density at radius 3 is 2.44 bits per heavy atom. The van der Waals surface area contributed by atoms with Crippen molar-refractivity contribution in [2.45, 2.75) is 44.1 Å². The van der Waals surface area contributed by atoms with Gasteiger partial charge in [0.2, 0.25) is 11.8 Å². The molecule has 1 saturated carbocycles. The van der Waals surface area contributed by atoms with Crippen molar-refractivity contribution in [2.24, 2.45) is 5.92 Å². The summed E-state index contributed by atoms with van der Waals surface area (Å²) >= 11 is 1.42. The third-order valence-corrected chi connectivity index (χ3v) is 6.24. The van der Waals surface area contributed by atoms with E-state index < -0.39 is 5.54 Å². The maximum absolute atomic E-state index is 12.6. The highest BCUT2D eigenvalue weighted by atomic mass is 32.1. The lowest BCUT2D eigenvalue weighted by molar-refractivity contribution is -0.136. The molecule has 2 heterocycles. The van der Waals surface area contributed by atoms with Crippen LogP contribution in [-0.4, -0.2) is 48.3 Å². The van der Waals surface area contributed by atoms with Crippen molar-refractivity contribution in [3.63, 3.8) is 0 Å². The summed E-state index contributed by atoms with van der Waals surface area (Å²) in [5, 5.41) is 7.60. The number of rotatable bonds is 4. The van der Waals surface area contributed by atoms with Crippen LogP contribution in [-0.2, 0) is 9.59 Å². The first-order valence-electron chi connectivity index (χ1n) is 8.93. The fourth-order valence-electron chi connectivity index (χ4n) is 3.82. The summed E-state index contributed by atoms with van der Waals surface area (Å²) in [5.74, 6) is -0.156. The summed E-state index contributed by atoms with van der Waals surface area (Å²) in [6.07, 6.45) is 4.85. The zero-order chi connectivity index (χ0) is 17.9. The molecule has 136 valence electrons. The molecule has 2 fully saturated rings. The predicted octanol–water partition coefficient (Wildman–Crippen LogP) is 1.78. The molecule has 7 heteroatoms. The zero-order valence-electron chi connectivity index (χ0n) is 14.5. The molecule has 1 saturated heterocycles. The number of carbonyl (C=O) groups excluding carboxylic acids is 3. The molecule has 1 aromatic heterocycles. The van der Waals surface area contributed by atoms with Crippen LogP contribution in [0, 0.1) is 5.92 Å². The summed E-state index contributed by atoms with van der Waals surface area (Å²) in [4.78, 5) is 40.1. The highest BCUT2D eigenvalue weighted by molar-refractivity contribution is 7.12. The zero-order valence-corrected chi connectivity index (χ0v) is 15.4. The molecule has 0 aromatic carbocycles. The van der Waals surface area contributed by atoms with E-state index in [9.17, 15) is 14.4 Å². The lowest BCUT2D eigenvalue weighted by Crippen LogP contribution is -2.64. The van der Waals surface area contributed by atoms with Gasteiger partial charge in [-0.25, -0.2) is 0 Å². The standard InChI is InChI=1S/C18H25N3O3S/c1-19-17(24)18(20-15(22)13-5-2-3-6-13)8-10-21(11-9-18)16(23)14-7-4-12-25-14/h4,7,12-13H,2-3,5-6,8-11H2,1H3,(H,19,24)(H,20,22). The van der Waals surface area contributed by atoms with E-state index in [2.05, 4.69) is 10.6 Å². The van der Waals surface area contributed by atoms with Gasteiger partial charge in [-0.15, -0.1) is 11.3 Å². The van der Waals surface area contributed by atoms with E-state index in [4.69, 9.17) is 0 Å². The van der Waals surface area contributed by atoms with E-state index in [1.54, 1.807) is 11.9 Å². The second kappa shape index (κ2) is 7.56. The van der Waals surface area contributed by atoms with Gasteiger partial charge in [-0.1, -0.05) is 18.9 Å². The number of likely N-dealkylation sites (N-methyl/N-ethyl adjacent to an activating group) is 1. The molecule has 0 spiro atoms. The number of likely N-dealkylation sites (tertiary alicyclic amines) is 1. The number of amides is 3. The summed E-state index contributed by atoms with van der Waals surface area (Å²) in [7, 11) is 1.59. The van der Waals surface area contributed by atoms with E-state index in [-0.39, 0.29) is 23.6 Å². The number of thiophene rings is 1. The Labute approximate surface area is 152 Å². The molecular formula is C18H25N3O3S. The van der Waals surface area contributed by atoms with Crippen LogP contribution in [0.4, 0.5) is 0 Å². The van der Waals surface area contributed by atoms with Crippen LogP contribution < -0.4 is 10.6 Å². The van der Waals surface area contributed by atoms with Gasteiger partial charge in [-0.05, 0) is 37.1 Å². The Kier molecular flexibility index (Phi) is 5.42. The third-order valence-electron chi connectivity index (χ3n) is 5.39. The number of piperidine rings is 1. The monoisotopic (exact) mass is 363 g/mol. The maximum atomic E-state index is 12.6.